The molecule has 0 atom stereocenters. The molecule has 3 heterocycles. The number of piperazine rings is 1. The summed E-state index contributed by atoms with van der Waals surface area (Å²) in [7, 11) is 0. The van der Waals surface area contributed by atoms with Crippen LogP contribution in [0.15, 0.2) is 42.5 Å². The standard InChI is InChI=1S/C23H25ClN4O3S/c1-16-13-17(2)28(25-16)19-5-3-18(4-6-19)23(30)31-15-22(29)27-11-9-26(10-12-27)14-20-7-8-21(24)32-20/h3-8,13H,9-12,14-15H2,1-2H3. The van der Waals surface area contributed by atoms with Gasteiger partial charge in [0, 0.05) is 43.3 Å². The SMILES string of the molecule is Cc1cc(C)n(-c2ccc(C(=O)OCC(=O)N3CCN(Cc4ccc(Cl)s4)CC3)cc2)n1. The van der Waals surface area contributed by atoms with Gasteiger partial charge >= 0.3 is 5.97 Å². The monoisotopic (exact) mass is 472 g/mol. The number of thiophene rings is 1. The third-order valence-corrected chi connectivity index (χ3v) is 6.63. The van der Waals surface area contributed by atoms with Crippen LogP contribution >= 0.6 is 22.9 Å². The molecule has 1 aliphatic heterocycles. The van der Waals surface area contributed by atoms with Crippen LogP contribution in [0.1, 0.15) is 26.6 Å². The van der Waals surface area contributed by atoms with Gasteiger partial charge in [-0.3, -0.25) is 9.69 Å². The lowest BCUT2D eigenvalue weighted by Crippen LogP contribution is -2.49. The van der Waals surface area contributed by atoms with Gasteiger partial charge in [-0.15, -0.1) is 11.3 Å². The molecule has 32 heavy (non-hydrogen) atoms. The summed E-state index contributed by atoms with van der Waals surface area (Å²) in [6, 6.07) is 12.9. The van der Waals surface area contributed by atoms with Crippen molar-refractivity contribution >= 4 is 34.8 Å². The first-order valence-corrected chi connectivity index (χ1v) is 11.6. The van der Waals surface area contributed by atoms with E-state index < -0.39 is 5.97 Å². The summed E-state index contributed by atoms with van der Waals surface area (Å²) in [6.45, 7) is 7.30. The first kappa shape index (κ1) is 22.5. The highest BCUT2D eigenvalue weighted by atomic mass is 35.5. The number of halogens is 1. The van der Waals surface area contributed by atoms with E-state index in [4.69, 9.17) is 16.3 Å². The Morgan fingerprint density at radius 3 is 2.38 bits per heavy atom. The van der Waals surface area contributed by atoms with E-state index in [1.807, 2.05) is 48.9 Å². The molecular formula is C23H25ClN4O3S. The van der Waals surface area contributed by atoms with Crippen LogP contribution in [0.2, 0.25) is 4.34 Å². The first-order valence-electron chi connectivity index (χ1n) is 10.4. The zero-order valence-corrected chi connectivity index (χ0v) is 19.7. The van der Waals surface area contributed by atoms with Crippen LogP contribution in [0.3, 0.4) is 0 Å². The van der Waals surface area contributed by atoms with Gasteiger partial charge in [0.25, 0.3) is 5.91 Å². The molecule has 7 nitrogen and oxygen atoms in total. The Bertz CT molecular complexity index is 1100. The topological polar surface area (TPSA) is 67.7 Å². The van der Waals surface area contributed by atoms with Gasteiger partial charge < -0.3 is 9.64 Å². The lowest BCUT2D eigenvalue weighted by molar-refractivity contribution is -0.136. The fraction of sp³-hybridized carbons (Fsp3) is 0.348. The normalized spacial score (nSPS) is 14.5. The quantitative estimate of drug-likeness (QED) is 0.512. The van der Waals surface area contributed by atoms with Gasteiger partial charge in [0.15, 0.2) is 6.61 Å². The van der Waals surface area contributed by atoms with E-state index in [-0.39, 0.29) is 12.5 Å². The lowest BCUT2D eigenvalue weighted by Gasteiger charge is -2.34. The fourth-order valence-corrected chi connectivity index (χ4v) is 4.87. The van der Waals surface area contributed by atoms with Gasteiger partial charge in [-0.1, -0.05) is 11.6 Å². The lowest BCUT2D eigenvalue weighted by atomic mass is 10.2. The highest BCUT2D eigenvalue weighted by Gasteiger charge is 2.22. The van der Waals surface area contributed by atoms with E-state index >= 15 is 0 Å². The van der Waals surface area contributed by atoms with Crippen LogP contribution < -0.4 is 0 Å². The highest BCUT2D eigenvalue weighted by molar-refractivity contribution is 7.16. The van der Waals surface area contributed by atoms with E-state index in [1.165, 1.54) is 4.88 Å². The number of benzene rings is 1. The molecule has 168 valence electrons. The summed E-state index contributed by atoms with van der Waals surface area (Å²) < 4.78 is 7.87. The Kier molecular flexibility index (Phi) is 6.93. The third-order valence-electron chi connectivity index (χ3n) is 5.42. The van der Waals surface area contributed by atoms with Crippen molar-refractivity contribution < 1.29 is 14.3 Å². The summed E-state index contributed by atoms with van der Waals surface area (Å²) in [5, 5.41) is 4.44. The average Bonchev–Trinajstić information content (AvgIpc) is 3.36. The number of nitrogens with zero attached hydrogens (tertiary/aromatic N) is 4. The zero-order valence-electron chi connectivity index (χ0n) is 18.1. The molecular weight excluding hydrogens is 448 g/mol. The summed E-state index contributed by atoms with van der Waals surface area (Å²) in [6.07, 6.45) is 0. The number of ether oxygens (including phenoxy) is 1. The average molecular weight is 473 g/mol. The molecule has 0 radical (unpaired) electrons. The molecule has 1 saturated heterocycles. The summed E-state index contributed by atoms with van der Waals surface area (Å²) in [5.74, 6) is -0.678. The van der Waals surface area contributed by atoms with E-state index in [2.05, 4.69) is 10.00 Å². The third kappa shape index (κ3) is 5.38. The van der Waals surface area contributed by atoms with Gasteiger partial charge in [0.1, 0.15) is 0 Å². The van der Waals surface area contributed by atoms with Gasteiger partial charge in [-0.05, 0) is 56.3 Å². The Hall–Kier alpha value is -2.68. The molecule has 0 N–H and O–H groups in total. The van der Waals surface area contributed by atoms with Crippen LogP contribution in [0.25, 0.3) is 5.69 Å². The molecule has 1 aromatic carbocycles. The molecule has 3 aromatic rings. The highest BCUT2D eigenvalue weighted by Crippen LogP contribution is 2.23. The molecule has 0 aliphatic carbocycles. The van der Waals surface area contributed by atoms with Crippen molar-refractivity contribution in [3.63, 3.8) is 0 Å². The van der Waals surface area contributed by atoms with E-state index in [0.717, 1.165) is 41.0 Å². The number of carbonyl (C=O) groups is 2. The van der Waals surface area contributed by atoms with Gasteiger partial charge in [0.2, 0.25) is 0 Å². The number of rotatable bonds is 6. The number of aromatic nitrogens is 2. The molecule has 4 rings (SSSR count). The number of aryl methyl sites for hydroxylation is 2. The molecule has 2 aromatic heterocycles. The molecule has 1 amide bonds. The number of carbonyl (C=O) groups excluding carboxylic acids is 2. The predicted molar refractivity (Wildman–Crippen MR) is 125 cm³/mol. The number of amides is 1. The van der Waals surface area contributed by atoms with Crippen molar-refractivity contribution in [2.24, 2.45) is 0 Å². The summed E-state index contributed by atoms with van der Waals surface area (Å²) >= 11 is 7.57. The van der Waals surface area contributed by atoms with E-state index in [9.17, 15) is 9.59 Å². The molecule has 1 fully saturated rings. The second-order valence-electron chi connectivity index (χ2n) is 7.82. The molecule has 9 heteroatoms. The van der Waals surface area contributed by atoms with E-state index in [1.54, 1.807) is 28.4 Å². The van der Waals surface area contributed by atoms with Crippen molar-refractivity contribution in [3.05, 3.63) is 68.6 Å². The van der Waals surface area contributed by atoms with Crippen molar-refractivity contribution in [1.82, 2.24) is 19.6 Å². The van der Waals surface area contributed by atoms with Crippen molar-refractivity contribution in [3.8, 4) is 5.69 Å². The number of hydrogen-bond acceptors (Lipinski definition) is 6. The van der Waals surface area contributed by atoms with E-state index in [0.29, 0.717) is 18.7 Å². The maximum Gasteiger partial charge on any atom is 0.338 e. The Morgan fingerprint density at radius 2 is 1.78 bits per heavy atom. The summed E-state index contributed by atoms with van der Waals surface area (Å²) in [5.41, 5.74) is 3.22. The van der Waals surface area contributed by atoms with Crippen molar-refractivity contribution in [2.75, 3.05) is 32.8 Å². The largest absolute Gasteiger partial charge is 0.452 e. The van der Waals surface area contributed by atoms with Crippen molar-refractivity contribution in [1.29, 1.82) is 0 Å². The van der Waals surface area contributed by atoms with Crippen LogP contribution in [-0.2, 0) is 16.1 Å². The maximum absolute atomic E-state index is 12.5. The van der Waals surface area contributed by atoms with Gasteiger partial charge in [0.05, 0.1) is 21.3 Å². The Balaban J connectivity index is 1.24. The number of hydrogen-bond donors (Lipinski definition) is 0. The minimum Gasteiger partial charge on any atom is -0.452 e. The molecule has 0 unspecified atom stereocenters. The Labute approximate surface area is 196 Å². The van der Waals surface area contributed by atoms with Crippen LogP contribution in [0.4, 0.5) is 0 Å². The van der Waals surface area contributed by atoms with Crippen molar-refractivity contribution in [2.45, 2.75) is 20.4 Å². The number of esters is 1. The molecule has 0 bridgehead atoms. The minimum absolute atomic E-state index is 0.170. The zero-order chi connectivity index (χ0) is 22.7. The van der Waals surface area contributed by atoms with Crippen LogP contribution in [0.5, 0.6) is 0 Å². The van der Waals surface area contributed by atoms with Crippen LogP contribution in [-0.4, -0.2) is 64.2 Å². The maximum atomic E-state index is 12.5. The minimum atomic E-state index is -0.508. The molecule has 0 spiro atoms. The first-order chi connectivity index (χ1) is 15.4. The fourth-order valence-electron chi connectivity index (χ4n) is 3.74. The second-order valence-corrected chi connectivity index (χ2v) is 9.62. The molecule has 0 saturated carbocycles. The summed E-state index contributed by atoms with van der Waals surface area (Å²) in [4.78, 5) is 30.1. The predicted octanol–water partition coefficient (Wildman–Crippen LogP) is 3.71. The molecule has 1 aliphatic rings. The van der Waals surface area contributed by atoms with Gasteiger partial charge in [-0.25, -0.2) is 9.48 Å². The van der Waals surface area contributed by atoms with Gasteiger partial charge in [-0.2, -0.15) is 5.10 Å². The smallest absolute Gasteiger partial charge is 0.338 e. The van der Waals surface area contributed by atoms with Crippen LogP contribution in [0, 0.1) is 13.8 Å². The Morgan fingerprint density at radius 1 is 1.06 bits per heavy atom. The second kappa shape index (κ2) is 9.85.